The second-order valence-corrected chi connectivity index (χ2v) is 4.95. The van der Waals surface area contributed by atoms with Crippen molar-refractivity contribution in [3.05, 3.63) is 16.1 Å². The van der Waals surface area contributed by atoms with Crippen molar-refractivity contribution in [2.75, 3.05) is 19.8 Å². The van der Waals surface area contributed by atoms with E-state index >= 15 is 0 Å². The van der Waals surface area contributed by atoms with E-state index in [2.05, 4.69) is 4.98 Å². The maximum atomic E-state index is 5.66. The van der Waals surface area contributed by atoms with Crippen LogP contribution in [-0.2, 0) is 22.6 Å². The van der Waals surface area contributed by atoms with Gasteiger partial charge in [0.05, 0.1) is 18.9 Å². The molecule has 90 valence electrons. The van der Waals surface area contributed by atoms with Gasteiger partial charge in [0, 0.05) is 25.1 Å². The molecular weight excluding hydrogens is 224 g/mol. The number of thiazole rings is 1. The number of ether oxygens (including phenoxy) is 2. The van der Waals surface area contributed by atoms with Crippen molar-refractivity contribution in [3.8, 4) is 0 Å². The summed E-state index contributed by atoms with van der Waals surface area (Å²) in [6.07, 6.45) is 2.23. The van der Waals surface area contributed by atoms with Crippen molar-refractivity contribution in [3.63, 3.8) is 0 Å². The largest absolute Gasteiger partial charge is 0.381 e. The lowest BCUT2D eigenvalue weighted by Crippen LogP contribution is -2.20. The molecule has 1 saturated heterocycles. The van der Waals surface area contributed by atoms with E-state index in [0.29, 0.717) is 19.1 Å². The van der Waals surface area contributed by atoms with Crippen LogP contribution in [0, 0.1) is 5.92 Å². The van der Waals surface area contributed by atoms with Gasteiger partial charge in [-0.2, -0.15) is 0 Å². The Morgan fingerprint density at radius 1 is 1.50 bits per heavy atom. The molecular formula is C11H18N2O2S. The molecule has 2 heterocycles. The van der Waals surface area contributed by atoms with Crippen LogP contribution < -0.4 is 5.73 Å². The zero-order chi connectivity index (χ0) is 11.2. The molecule has 0 aliphatic carbocycles. The minimum Gasteiger partial charge on any atom is -0.381 e. The first-order chi connectivity index (χ1) is 7.88. The molecule has 0 aromatic carbocycles. The molecule has 0 amide bonds. The van der Waals surface area contributed by atoms with Crippen LogP contribution in [0.2, 0.25) is 0 Å². The van der Waals surface area contributed by atoms with Crippen molar-refractivity contribution < 1.29 is 9.47 Å². The van der Waals surface area contributed by atoms with E-state index in [9.17, 15) is 0 Å². The molecule has 0 saturated carbocycles. The predicted octanol–water partition coefficient (Wildman–Crippen LogP) is 1.54. The highest BCUT2D eigenvalue weighted by atomic mass is 32.1. The van der Waals surface area contributed by atoms with Crippen molar-refractivity contribution in [1.29, 1.82) is 0 Å². The van der Waals surface area contributed by atoms with E-state index in [1.165, 1.54) is 0 Å². The molecule has 1 fully saturated rings. The molecule has 1 aliphatic rings. The molecule has 2 N–H and O–H groups in total. The molecule has 4 nitrogen and oxygen atoms in total. The third-order valence-electron chi connectivity index (χ3n) is 2.72. The van der Waals surface area contributed by atoms with Gasteiger partial charge in [-0.3, -0.25) is 0 Å². The molecule has 0 spiro atoms. The van der Waals surface area contributed by atoms with Gasteiger partial charge < -0.3 is 15.2 Å². The molecule has 0 bridgehead atoms. The first-order valence-electron chi connectivity index (χ1n) is 5.67. The fourth-order valence-corrected chi connectivity index (χ4v) is 2.41. The maximum Gasteiger partial charge on any atom is 0.107 e. The summed E-state index contributed by atoms with van der Waals surface area (Å²) in [6.45, 7) is 3.70. The van der Waals surface area contributed by atoms with Crippen molar-refractivity contribution in [2.45, 2.75) is 26.0 Å². The Kier molecular flexibility index (Phi) is 4.71. The van der Waals surface area contributed by atoms with Gasteiger partial charge in [0.2, 0.25) is 0 Å². The average molecular weight is 242 g/mol. The second-order valence-electron chi connectivity index (χ2n) is 4.01. The lowest BCUT2D eigenvalue weighted by Gasteiger charge is -2.21. The van der Waals surface area contributed by atoms with Crippen LogP contribution in [0.1, 0.15) is 23.5 Å². The number of aromatic nitrogens is 1. The van der Waals surface area contributed by atoms with Gasteiger partial charge in [0.25, 0.3) is 0 Å². The first-order valence-corrected chi connectivity index (χ1v) is 6.55. The number of hydrogen-bond acceptors (Lipinski definition) is 5. The third kappa shape index (κ3) is 3.52. The highest BCUT2D eigenvalue weighted by Crippen LogP contribution is 2.16. The normalized spacial score (nSPS) is 17.8. The van der Waals surface area contributed by atoms with Gasteiger partial charge in [0.15, 0.2) is 0 Å². The van der Waals surface area contributed by atoms with Gasteiger partial charge in [-0.1, -0.05) is 0 Å². The second kappa shape index (κ2) is 6.30. The minimum atomic E-state index is 0.518. The standard InChI is InChI=1S/C11H18N2O2S/c12-5-11-13-10(8-16-11)7-15-6-9-1-3-14-4-2-9/h8-9H,1-7,12H2. The summed E-state index contributed by atoms with van der Waals surface area (Å²) in [5.41, 5.74) is 6.50. The average Bonchev–Trinajstić information content (AvgIpc) is 2.78. The summed E-state index contributed by atoms with van der Waals surface area (Å²) in [4.78, 5) is 4.36. The molecule has 1 aliphatic heterocycles. The van der Waals surface area contributed by atoms with Crippen LogP contribution >= 0.6 is 11.3 Å². The van der Waals surface area contributed by atoms with Crippen molar-refractivity contribution >= 4 is 11.3 Å². The number of nitrogens with two attached hydrogens (primary N) is 1. The Labute approximate surface area is 99.8 Å². The smallest absolute Gasteiger partial charge is 0.107 e. The minimum absolute atomic E-state index is 0.518. The van der Waals surface area contributed by atoms with E-state index in [4.69, 9.17) is 15.2 Å². The van der Waals surface area contributed by atoms with Crippen molar-refractivity contribution in [2.24, 2.45) is 11.7 Å². The Bertz CT molecular complexity index is 311. The third-order valence-corrected chi connectivity index (χ3v) is 3.64. The van der Waals surface area contributed by atoms with Gasteiger partial charge >= 0.3 is 0 Å². The molecule has 1 aromatic rings. The lowest BCUT2D eigenvalue weighted by molar-refractivity contribution is 0.0151. The van der Waals surface area contributed by atoms with E-state index in [1.807, 2.05) is 5.38 Å². The van der Waals surface area contributed by atoms with Gasteiger partial charge in [-0.05, 0) is 18.8 Å². The van der Waals surface area contributed by atoms with E-state index in [-0.39, 0.29) is 0 Å². The Balaban J connectivity index is 1.66. The number of rotatable bonds is 5. The predicted molar refractivity (Wildman–Crippen MR) is 63.2 cm³/mol. The van der Waals surface area contributed by atoms with Crippen LogP contribution in [0.4, 0.5) is 0 Å². The monoisotopic (exact) mass is 242 g/mol. The summed E-state index contributed by atoms with van der Waals surface area (Å²) in [5.74, 6) is 0.654. The Hall–Kier alpha value is -0.490. The first kappa shape index (κ1) is 12.0. The summed E-state index contributed by atoms with van der Waals surface area (Å²) in [5, 5.41) is 3.00. The summed E-state index contributed by atoms with van der Waals surface area (Å²) < 4.78 is 11.0. The van der Waals surface area contributed by atoms with Gasteiger partial charge in [0.1, 0.15) is 5.01 Å². The van der Waals surface area contributed by atoms with Crippen LogP contribution in [0.5, 0.6) is 0 Å². The highest BCUT2D eigenvalue weighted by molar-refractivity contribution is 7.09. The molecule has 1 aromatic heterocycles. The van der Waals surface area contributed by atoms with E-state index in [0.717, 1.165) is 43.4 Å². The zero-order valence-corrected chi connectivity index (χ0v) is 10.2. The maximum absolute atomic E-state index is 5.66. The lowest BCUT2D eigenvalue weighted by atomic mass is 10.0. The number of nitrogens with zero attached hydrogens (tertiary/aromatic N) is 1. The van der Waals surface area contributed by atoms with E-state index in [1.54, 1.807) is 11.3 Å². The molecule has 0 atom stereocenters. The Morgan fingerprint density at radius 3 is 3.00 bits per heavy atom. The molecule has 16 heavy (non-hydrogen) atoms. The fourth-order valence-electron chi connectivity index (χ4n) is 1.75. The summed E-state index contributed by atoms with van der Waals surface area (Å²) in [6, 6.07) is 0. The molecule has 0 radical (unpaired) electrons. The van der Waals surface area contributed by atoms with Gasteiger partial charge in [-0.25, -0.2) is 4.98 Å². The number of hydrogen-bond donors (Lipinski definition) is 1. The van der Waals surface area contributed by atoms with Crippen molar-refractivity contribution in [1.82, 2.24) is 4.98 Å². The van der Waals surface area contributed by atoms with Crippen LogP contribution in [0.25, 0.3) is 0 Å². The van der Waals surface area contributed by atoms with Crippen LogP contribution in [0.15, 0.2) is 5.38 Å². The fraction of sp³-hybridized carbons (Fsp3) is 0.727. The molecule has 0 unspecified atom stereocenters. The Morgan fingerprint density at radius 2 is 2.31 bits per heavy atom. The quantitative estimate of drug-likeness (QED) is 0.851. The molecule has 5 heteroatoms. The van der Waals surface area contributed by atoms with E-state index < -0.39 is 0 Å². The summed E-state index contributed by atoms with van der Waals surface area (Å²) >= 11 is 1.60. The highest BCUT2D eigenvalue weighted by Gasteiger charge is 2.13. The zero-order valence-electron chi connectivity index (χ0n) is 9.35. The summed E-state index contributed by atoms with van der Waals surface area (Å²) in [7, 11) is 0. The van der Waals surface area contributed by atoms with Crippen LogP contribution in [-0.4, -0.2) is 24.8 Å². The SMILES string of the molecule is NCc1nc(COCC2CCOCC2)cs1. The molecule has 2 rings (SSSR count). The topological polar surface area (TPSA) is 57.4 Å². The van der Waals surface area contributed by atoms with Crippen LogP contribution in [0.3, 0.4) is 0 Å². The van der Waals surface area contributed by atoms with Gasteiger partial charge in [-0.15, -0.1) is 11.3 Å².